The van der Waals surface area contributed by atoms with Gasteiger partial charge < -0.3 is 32.2 Å². The van der Waals surface area contributed by atoms with Gasteiger partial charge in [0.25, 0.3) is 0 Å². The number of ether oxygens (including phenoxy) is 1. The fourth-order valence-electron chi connectivity index (χ4n) is 8.49. The molecule has 0 spiro atoms. The van der Waals surface area contributed by atoms with Crippen LogP contribution < -0.4 is 27.7 Å². The van der Waals surface area contributed by atoms with Gasteiger partial charge >= 0.3 is 0 Å². The molecule has 0 aliphatic rings. The minimum absolute atomic E-state index is 0.406. The van der Waals surface area contributed by atoms with Crippen molar-refractivity contribution in [2.24, 2.45) is 35.2 Å². The van der Waals surface area contributed by atoms with E-state index in [9.17, 15) is 0 Å². The summed E-state index contributed by atoms with van der Waals surface area (Å²) in [5.41, 5.74) is 33.1. The number of aryl methyl sites for hydroxylation is 7. The number of methoxy groups -OCH3 is 1. The third kappa shape index (κ3) is 9.14. The highest BCUT2D eigenvalue weighted by molar-refractivity contribution is 7.19. The zero-order valence-corrected chi connectivity index (χ0v) is 43.1. The molecule has 378 valence electrons. The first-order valence-corrected chi connectivity index (χ1v) is 23.8. The Labute approximate surface area is 433 Å². The molecule has 0 fully saturated rings. The van der Waals surface area contributed by atoms with Crippen LogP contribution in [-0.2, 0) is 35.2 Å². The molecule has 2 aromatic carbocycles. The van der Waals surface area contributed by atoms with Gasteiger partial charge in [0.1, 0.15) is 82.9 Å². The number of hydrogen-bond acceptors (Lipinski definition) is 21. The summed E-state index contributed by atoms with van der Waals surface area (Å²) >= 11 is 7.39. The zero-order chi connectivity index (χ0) is 52.8. The van der Waals surface area contributed by atoms with Gasteiger partial charge in [-0.15, -0.1) is 11.3 Å². The molecule has 11 aromatic heterocycles. The van der Waals surface area contributed by atoms with Gasteiger partial charge in [0, 0.05) is 52.6 Å². The van der Waals surface area contributed by atoms with E-state index in [1.807, 2.05) is 97.7 Å². The summed E-state index contributed by atoms with van der Waals surface area (Å²) in [7, 11) is 10.8. The van der Waals surface area contributed by atoms with E-state index in [1.165, 1.54) is 36.6 Å². The molecular formula is C48H46ClN23O2S. The van der Waals surface area contributed by atoms with Gasteiger partial charge in [-0.25, -0.2) is 58.6 Å². The first-order valence-electron chi connectivity index (χ1n) is 22.6. The largest absolute Gasteiger partial charge is 0.497 e. The molecule has 0 aliphatic heterocycles. The predicted molar refractivity (Wildman–Crippen MR) is 288 cm³/mol. The summed E-state index contributed by atoms with van der Waals surface area (Å²) in [6, 6.07) is 15.9. The smallest absolute Gasteiger partial charge is 0.163 e. The monoisotopic (exact) mass is 1040 g/mol. The molecule has 0 bridgehead atoms. The summed E-state index contributed by atoms with van der Waals surface area (Å²) in [5.74, 6) is 3.25. The molecule has 0 aliphatic carbocycles. The highest BCUT2D eigenvalue weighted by Crippen LogP contribution is 2.37. The quantitative estimate of drug-likeness (QED) is 0.140. The Morgan fingerprint density at radius 1 is 0.547 bits per heavy atom. The number of thiophene rings is 1. The van der Waals surface area contributed by atoms with Crippen molar-refractivity contribution in [3.63, 3.8) is 0 Å². The van der Waals surface area contributed by atoms with Gasteiger partial charge in [-0.1, -0.05) is 35.0 Å². The van der Waals surface area contributed by atoms with E-state index in [0.717, 1.165) is 99.4 Å². The molecule has 0 saturated heterocycles. The molecule has 25 nitrogen and oxygen atoms in total. The first-order chi connectivity index (χ1) is 36.1. The summed E-state index contributed by atoms with van der Waals surface area (Å²) in [4.78, 5) is 33.9. The summed E-state index contributed by atoms with van der Waals surface area (Å²) in [6.07, 6.45) is 9.38. The normalized spacial score (nSPS) is 11.2. The SMILES string of the molecule is COc1ccc2cc(-c3nn(C)c4ncnc(N)c34)ccc2c1.Cc1noc(C)c1-c1nn(C)c2ncnc(N)c12.Cn1cc(-c2nn(C)c3ncnc(N)c23)cn1.Cn1nc(-c2ccc(Cl)s2)c2c(N)ncnc21. The van der Waals surface area contributed by atoms with Crippen LogP contribution in [0.15, 0.2) is 90.8 Å². The maximum Gasteiger partial charge on any atom is 0.163 e. The van der Waals surface area contributed by atoms with E-state index in [-0.39, 0.29) is 0 Å². The van der Waals surface area contributed by atoms with Gasteiger partial charge in [-0.2, -0.15) is 25.5 Å². The van der Waals surface area contributed by atoms with Crippen molar-refractivity contribution in [1.29, 1.82) is 0 Å². The molecule has 13 rings (SSSR count). The summed E-state index contributed by atoms with van der Waals surface area (Å²) in [6.45, 7) is 3.71. The molecule has 27 heteroatoms. The maximum absolute atomic E-state index is 6.04. The van der Waals surface area contributed by atoms with Crippen LogP contribution in [0.1, 0.15) is 11.5 Å². The lowest BCUT2D eigenvalue weighted by Crippen LogP contribution is -1.95. The van der Waals surface area contributed by atoms with Crippen molar-refractivity contribution in [3.8, 4) is 50.1 Å². The number of halogens is 1. The van der Waals surface area contributed by atoms with Crippen molar-refractivity contribution >= 4 is 101 Å². The van der Waals surface area contributed by atoms with Crippen LogP contribution in [0, 0.1) is 13.8 Å². The second kappa shape index (κ2) is 19.7. The molecule has 0 atom stereocenters. The minimum Gasteiger partial charge on any atom is -0.497 e. The molecule has 0 radical (unpaired) electrons. The molecule has 11 heterocycles. The molecule has 0 amide bonds. The Balaban J connectivity index is 0.000000115. The van der Waals surface area contributed by atoms with Crippen molar-refractivity contribution in [1.82, 2.24) is 93.9 Å². The van der Waals surface area contributed by atoms with Gasteiger partial charge in [0.15, 0.2) is 22.6 Å². The molecule has 8 N–H and O–H groups in total. The number of benzene rings is 2. The lowest BCUT2D eigenvalue weighted by Gasteiger charge is -2.05. The van der Waals surface area contributed by atoms with Crippen LogP contribution in [0.2, 0.25) is 4.34 Å². The number of aromatic nitrogens is 19. The number of nitrogens with two attached hydrogens (primary N) is 4. The molecule has 0 saturated carbocycles. The molecular weight excluding hydrogens is 998 g/mol. The topological polar surface area (TPSA) is 332 Å². The van der Waals surface area contributed by atoms with Crippen molar-refractivity contribution < 1.29 is 9.26 Å². The fourth-order valence-corrected chi connectivity index (χ4v) is 9.53. The maximum atomic E-state index is 6.04. The van der Waals surface area contributed by atoms with Crippen LogP contribution in [0.5, 0.6) is 5.75 Å². The number of hydrogen-bond donors (Lipinski definition) is 4. The van der Waals surface area contributed by atoms with Crippen LogP contribution in [-0.4, -0.2) is 101 Å². The Morgan fingerprint density at radius 3 is 1.48 bits per heavy atom. The van der Waals surface area contributed by atoms with Crippen LogP contribution >= 0.6 is 22.9 Å². The summed E-state index contributed by atoms with van der Waals surface area (Å²) < 4.78 is 19.6. The van der Waals surface area contributed by atoms with Crippen LogP contribution in [0.3, 0.4) is 0 Å². The lowest BCUT2D eigenvalue weighted by molar-refractivity contribution is 0.393. The van der Waals surface area contributed by atoms with E-state index < -0.39 is 0 Å². The number of rotatable bonds is 5. The third-order valence-corrected chi connectivity index (χ3v) is 13.2. The van der Waals surface area contributed by atoms with Gasteiger partial charge in [-0.05, 0) is 55.0 Å². The Bertz CT molecular complexity index is 4120. The number of nitrogen functional groups attached to an aromatic ring is 4. The first kappa shape index (κ1) is 48.9. The second-order valence-corrected chi connectivity index (χ2v) is 18.6. The second-order valence-electron chi connectivity index (χ2n) is 16.9. The van der Waals surface area contributed by atoms with E-state index in [0.29, 0.717) is 44.7 Å². The van der Waals surface area contributed by atoms with E-state index >= 15 is 0 Å². The molecule has 13 aromatic rings. The highest BCUT2D eigenvalue weighted by atomic mass is 35.5. The van der Waals surface area contributed by atoms with Gasteiger partial charge in [0.2, 0.25) is 0 Å². The van der Waals surface area contributed by atoms with Crippen LogP contribution in [0.25, 0.3) is 99.2 Å². The minimum atomic E-state index is 0.406. The van der Waals surface area contributed by atoms with Gasteiger partial charge in [-0.3, -0.25) is 4.68 Å². The number of anilines is 4. The summed E-state index contributed by atoms with van der Waals surface area (Å²) in [5, 5.41) is 31.2. The molecule has 75 heavy (non-hydrogen) atoms. The van der Waals surface area contributed by atoms with Crippen LogP contribution in [0.4, 0.5) is 23.3 Å². The predicted octanol–water partition coefficient (Wildman–Crippen LogP) is 6.67. The molecule has 0 unspecified atom stereocenters. The lowest BCUT2D eigenvalue weighted by atomic mass is 10.0. The average molecular weight is 1040 g/mol. The Kier molecular flexibility index (Phi) is 12.9. The Morgan fingerprint density at radius 2 is 1.01 bits per heavy atom. The number of fused-ring (bicyclic) bond motifs is 5. The van der Waals surface area contributed by atoms with Crippen molar-refractivity contribution in [2.75, 3.05) is 30.0 Å². The van der Waals surface area contributed by atoms with Crippen molar-refractivity contribution in [2.45, 2.75) is 13.8 Å². The van der Waals surface area contributed by atoms with E-state index in [4.69, 9.17) is 43.8 Å². The average Bonchev–Trinajstić information content (AvgIpc) is 4.33. The third-order valence-electron chi connectivity index (χ3n) is 12.0. The van der Waals surface area contributed by atoms with Crippen molar-refractivity contribution in [3.05, 3.63) is 102 Å². The fraction of sp³-hybridized carbons (Fsp3) is 0.167. The Hall–Kier alpha value is -9.69. The highest BCUT2D eigenvalue weighted by Gasteiger charge is 2.22. The number of nitrogens with zero attached hydrogens (tertiary/aromatic N) is 19. The van der Waals surface area contributed by atoms with E-state index in [1.54, 1.807) is 36.7 Å². The van der Waals surface area contributed by atoms with E-state index in [2.05, 4.69) is 76.6 Å². The standard InChI is InChI=1S/C17H15N5O.C11H12N6O.C10H8ClN5S.C10H11N7/c1-22-17-14(16(18)19-9-20-17)15(21-22)12-4-3-11-8-13(23-2)6-5-10(11)7-12;1-5-7(6(2)18-16-5)9-8-10(12)13-4-14-11(8)17(3)15-9;1-16-10-7(9(12)13-4-14-10)8(15-16)5-2-3-6(11)17-5;1-16-4-6(3-14-16)8-7-9(11)12-5-13-10(7)17(2)15-8/h3-9H,1-2H3,(H2,18,19,20);4H,1-3H3,(H2,12,13,14);2-4H,1H3,(H2,12,13,14);3-5H,1-2H3,(H2,11,12,13). The van der Waals surface area contributed by atoms with Gasteiger partial charge in [0.05, 0.1) is 55.3 Å². The zero-order valence-electron chi connectivity index (χ0n) is 41.5.